The van der Waals surface area contributed by atoms with Crippen molar-refractivity contribution in [2.24, 2.45) is 5.41 Å². The van der Waals surface area contributed by atoms with E-state index in [4.69, 9.17) is 14.2 Å². The molecule has 6 aromatic rings. The van der Waals surface area contributed by atoms with Crippen molar-refractivity contribution in [3.05, 3.63) is 131 Å². The summed E-state index contributed by atoms with van der Waals surface area (Å²) in [6, 6.07) is 17.0. The number of benzene rings is 3. The van der Waals surface area contributed by atoms with E-state index in [0.29, 0.717) is 35.5 Å². The van der Waals surface area contributed by atoms with Crippen molar-refractivity contribution in [3.8, 4) is 27.3 Å². The number of H-pyrrole nitrogens is 1. The Balaban J connectivity index is 0.767. The number of β-amino-alcohol motifs (C(OH)–C–C–N with tert-alkyl or cyclic N) is 1. The first-order valence-corrected chi connectivity index (χ1v) is 26.6. The van der Waals surface area contributed by atoms with E-state index in [-0.39, 0.29) is 75.0 Å². The first-order valence-electron chi connectivity index (χ1n) is 24.3. The van der Waals surface area contributed by atoms with E-state index >= 15 is 8.78 Å². The maximum absolute atomic E-state index is 15.7. The molecule has 0 radical (unpaired) electrons. The number of aliphatic hydroxyl groups is 1. The Hall–Kier alpha value is -6.69. The number of alkyl halides is 1. The van der Waals surface area contributed by atoms with Gasteiger partial charge in [0.1, 0.15) is 42.6 Å². The smallest absolute Gasteiger partial charge is 0.301 e. The number of aryl methyl sites for hydroxylation is 1. The molecule has 0 unspecified atom stereocenters. The molecule has 4 atom stereocenters. The topological polar surface area (TPSA) is 217 Å². The van der Waals surface area contributed by atoms with Gasteiger partial charge in [0.15, 0.2) is 5.82 Å². The van der Waals surface area contributed by atoms with Crippen LogP contribution in [0.4, 0.5) is 18.9 Å². The molecule has 2 aliphatic heterocycles. The number of nitrogens with one attached hydrogen (secondary N) is 4. The van der Waals surface area contributed by atoms with Gasteiger partial charge in [-0.05, 0) is 65.8 Å². The molecule has 2 aliphatic rings. The molecule has 3 aromatic heterocycles. The molecule has 2 amide bonds. The van der Waals surface area contributed by atoms with Gasteiger partial charge in [-0.1, -0.05) is 63.7 Å². The van der Waals surface area contributed by atoms with Crippen LogP contribution >= 0.6 is 11.3 Å². The van der Waals surface area contributed by atoms with Crippen LogP contribution in [-0.4, -0.2) is 132 Å². The number of rotatable bonds is 22. The molecular weight excluding hydrogens is 1010 g/mol. The van der Waals surface area contributed by atoms with Gasteiger partial charge in [0.2, 0.25) is 17.6 Å². The highest BCUT2D eigenvalue weighted by atomic mass is 32.2. The monoisotopic (exact) mass is 1070 g/mol. The molecule has 0 bridgehead atoms. The summed E-state index contributed by atoms with van der Waals surface area (Å²) in [5.41, 5.74) is 4.64. The Bertz CT molecular complexity index is 3150. The summed E-state index contributed by atoms with van der Waals surface area (Å²) in [6.45, 7) is 12.2. The highest BCUT2D eigenvalue weighted by Gasteiger charge is 2.43. The van der Waals surface area contributed by atoms with Crippen LogP contribution in [-0.2, 0) is 35.8 Å². The number of hydrogen-bond donors (Lipinski definition) is 5. The van der Waals surface area contributed by atoms with Gasteiger partial charge in [-0.15, -0.1) is 11.3 Å². The SMILES string of the molecule is C=C(NCc1ccc(-c2scnc2C)cc1)[C@H]1C[C@H](O)CN1C(=O)[C@@H](NC(=O)COCCOCCOc1ccc(-c2cnc3[nH]cc(C(=O)c4c(F)ccc(NS(=O)(=O)N5CC[C@@H](F)C5)c4F)c3c2)cc1)C(C)(C)C. The first-order chi connectivity index (χ1) is 35.8. The van der Waals surface area contributed by atoms with Crippen molar-refractivity contribution in [2.45, 2.75) is 71.4 Å². The number of ether oxygens (including phenoxy) is 3. The zero-order valence-electron chi connectivity index (χ0n) is 41.8. The van der Waals surface area contributed by atoms with Crippen LogP contribution in [0.5, 0.6) is 5.75 Å². The Kier molecular flexibility index (Phi) is 17.1. The summed E-state index contributed by atoms with van der Waals surface area (Å²) in [7, 11) is -4.38. The van der Waals surface area contributed by atoms with Crippen molar-refractivity contribution in [2.75, 3.05) is 57.4 Å². The number of carbonyl (C=O) groups excluding carboxylic acids is 3. The summed E-state index contributed by atoms with van der Waals surface area (Å²) < 4.78 is 90.0. The minimum absolute atomic E-state index is 0.0162. The van der Waals surface area contributed by atoms with E-state index in [2.05, 4.69) is 32.2 Å². The quantitative estimate of drug-likeness (QED) is 0.0341. The summed E-state index contributed by atoms with van der Waals surface area (Å²) in [4.78, 5) is 55.1. The zero-order chi connectivity index (χ0) is 53.6. The second-order valence-corrected chi connectivity index (χ2v) is 22.0. The molecule has 2 fully saturated rings. The van der Waals surface area contributed by atoms with Gasteiger partial charge in [0.05, 0.1) is 59.3 Å². The summed E-state index contributed by atoms with van der Waals surface area (Å²) in [6.07, 6.45) is 0.997. The van der Waals surface area contributed by atoms with Crippen molar-refractivity contribution < 1.29 is 55.3 Å². The van der Waals surface area contributed by atoms with Crippen LogP contribution < -0.4 is 20.1 Å². The van der Waals surface area contributed by atoms with Crippen molar-refractivity contribution in [3.63, 3.8) is 0 Å². The summed E-state index contributed by atoms with van der Waals surface area (Å²) in [5.74, 6) is -3.96. The normalized spacial score (nSPS) is 17.5. The lowest BCUT2D eigenvalue weighted by atomic mass is 9.85. The number of aromatic amines is 1. The summed E-state index contributed by atoms with van der Waals surface area (Å²) in [5, 5.41) is 17.1. The molecule has 0 spiro atoms. The van der Waals surface area contributed by atoms with Crippen molar-refractivity contribution in [1.82, 2.24) is 34.8 Å². The predicted octanol–water partition coefficient (Wildman–Crippen LogP) is 7.08. The van der Waals surface area contributed by atoms with Gasteiger partial charge in [-0.3, -0.25) is 19.1 Å². The Morgan fingerprint density at radius 1 is 0.960 bits per heavy atom. The van der Waals surface area contributed by atoms with Gasteiger partial charge < -0.3 is 39.8 Å². The lowest BCUT2D eigenvalue weighted by Crippen LogP contribution is -2.57. The molecule has 75 heavy (non-hydrogen) atoms. The second-order valence-electron chi connectivity index (χ2n) is 19.4. The standard InChI is InChI=1S/C53H59F3N8O9S2/c1-31(57-24-33-6-8-35(9-7-33)49-32(2)60-30-74-49)44-23-38(65)28-64(44)52(68)50(53(3,4)5)61-45(66)29-72-19-18-71-20-21-73-39-12-10-34(11-13-39)36-22-40-41(26-59-51(40)58-25-36)48(67)46-42(55)14-15-43(47(46)56)62-75(69,70)63-17-16-37(54)27-63/h6-15,22,25-26,30,37-38,44,50,57,62,65H,1,16-21,23-24,27-29H2,2-5H3,(H,58,59)(H,61,66)/t37-,38+,44-,50-/m1/s1. The molecule has 8 rings (SSSR count). The van der Waals surface area contributed by atoms with Crippen molar-refractivity contribution >= 4 is 55.9 Å². The Morgan fingerprint density at radius 3 is 2.37 bits per heavy atom. The fourth-order valence-electron chi connectivity index (χ4n) is 8.87. The van der Waals surface area contributed by atoms with E-state index in [1.165, 1.54) is 6.20 Å². The number of halogens is 3. The molecule has 5 heterocycles. The van der Waals surface area contributed by atoms with E-state index in [1.54, 1.807) is 52.8 Å². The largest absolute Gasteiger partial charge is 0.491 e. The zero-order valence-corrected chi connectivity index (χ0v) is 43.5. The number of fused-ring (bicyclic) bond motifs is 1. The van der Waals surface area contributed by atoms with Crippen LogP contribution in [0.1, 0.15) is 60.8 Å². The first kappa shape index (κ1) is 54.6. The number of aromatic nitrogens is 3. The molecule has 5 N–H and O–H groups in total. The van der Waals surface area contributed by atoms with Crippen molar-refractivity contribution in [1.29, 1.82) is 0 Å². The van der Waals surface area contributed by atoms with Gasteiger partial charge in [0.25, 0.3) is 0 Å². The number of likely N-dealkylation sites (tertiary alicyclic amines) is 1. The fraction of sp³-hybridized carbons (Fsp3) is 0.377. The molecular formula is C53H59F3N8O9S2. The molecule has 22 heteroatoms. The molecule has 0 aliphatic carbocycles. The number of hydrogen-bond acceptors (Lipinski definition) is 13. The predicted molar refractivity (Wildman–Crippen MR) is 278 cm³/mol. The number of anilines is 1. The number of carbonyl (C=O) groups is 3. The fourth-order valence-corrected chi connectivity index (χ4v) is 11.0. The van der Waals surface area contributed by atoms with Gasteiger partial charge >= 0.3 is 10.2 Å². The molecule has 17 nitrogen and oxygen atoms in total. The Morgan fingerprint density at radius 2 is 1.68 bits per heavy atom. The van der Waals surface area contributed by atoms with Gasteiger partial charge in [-0.2, -0.15) is 12.7 Å². The van der Waals surface area contributed by atoms with Gasteiger partial charge in [-0.25, -0.2) is 23.1 Å². The van der Waals surface area contributed by atoms with E-state index < -0.39 is 81.1 Å². The van der Waals surface area contributed by atoms with E-state index in [1.807, 2.05) is 62.2 Å². The van der Waals surface area contributed by atoms with Gasteiger partial charge in [0, 0.05) is 67.2 Å². The highest BCUT2D eigenvalue weighted by molar-refractivity contribution is 7.90. The maximum Gasteiger partial charge on any atom is 0.301 e. The number of amides is 2. The third-order valence-electron chi connectivity index (χ3n) is 12.9. The number of aliphatic hydroxyl groups excluding tert-OH is 1. The van der Waals surface area contributed by atoms with E-state index in [0.717, 1.165) is 38.1 Å². The second kappa shape index (κ2) is 23.5. The van der Waals surface area contributed by atoms with E-state index in [9.17, 15) is 32.3 Å². The summed E-state index contributed by atoms with van der Waals surface area (Å²) >= 11 is 1.59. The molecule has 0 saturated carbocycles. The number of ketones is 1. The average molecular weight is 1070 g/mol. The number of nitrogens with zero attached hydrogens (tertiary/aromatic N) is 4. The highest BCUT2D eigenvalue weighted by Crippen LogP contribution is 2.33. The van der Waals surface area contributed by atoms with Crippen LogP contribution in [0.15, 0.2) is 96.9 Å². The lowest BCUT2D eigenvalue weighted by Gasteiger charge is -2.36. The molecule has 398 valence electrons. The number of pyridine rings is 1. The van der Waals surface area contributed by atoms with Crippen LogP contribution in [0.2, 0.25) is 0 Å². The molecule has 2 saturated heterocycles. The average Bonchev–Trinajstić information content (AvgIpc) is 4.21. The minimum atomic E-state index is -4.38. The van der Waals surface area contributed by atoms with Crippen LogP contribution in [0.3, 0.4) is 0 Å². The number of thiazole rings is 1. The third kappa shape index (κ3) is 13.1. The third-order valence-corrected chi connectivity index (χ3v) is 15.4. The molecule has 3 aromatic carbocycles. The van der Waals surface area contributed by atoms with Crippen LogP contribution in [0, 0.1) is 24.0 Å². The minimum Gasteiger partial charge on any atom is -0.491 e. The Labute approximate surface area is 436 Å². The maximum atomic E-state index is 15.7. The lowest BCUT2D eigenvalue weighted by molar-refractivity contribution is -0.141. The van der Waals surface area contributed by atoms with Crippen LogP contribution in [0.25, 0.3) is 32.6 Å².